The van der Waals surface area contributed by atoms with Gasteiger partial charge in [-0.15, -0.1) is 0 Å². The maximum absolute atomic E-state index is 6.29. The lowest BCUT2D eigenvalue weighted by Crippen LogP contribution is -2.07. The van der Waals surface area contributed by atoms with Gasteiger partial charge in [-0.3, -0.25) is 4.98 Å². The van der Waals surface area contributed by atoms with Crippen LogP contribution in [0.5, 0.6) is 0 Å². The standard InChI is InChI=1S/C15H15ClIN3/c16-15-13(17)14(11-3-1-2-4-11)19-12(20-15)9-10-5-7-18-8-6-10/h5-8,11H,1-4,9H2. The SMILES string of the molecule is Clc1nc(Cc2ccncc2)nc(C2CCCC2)c1I. The van der Waals surface area contributed by atoms with Crippen molar-refractivity contribution < 1.29 is 0 Å². The first-order valence-electron chi connectivity index (χ1n) is 6.85. The predicted octanol–water partition coefficient (Wildman–Crippen LogP) is 4.38. The highest BCUT2D eigenvalue weighted by Gasteiger charge is 2.23. The molecular formula is C15H15ClIN3. The van der Waals surface area contributed by atoms with Crippen molar-refractivity contribution in [3.05, 3.63) is 50.3 Å². The van der Waals surface area contributed by atoms with Crippen LogP contribution in [0.4, 0.5) is 0 Å². The number of nitrogens with zero attached hydrogens (tertiary/aromatic N) is 3. The molecule has 2 aromatic rings. The molecule has 0 amide bonds. The highest BCUT2D eigenvalue weighted by molar-refractivity contribution is 14.1. The molecule has 0 atom stereocenters. The highest BCUT2D eigenvalue weighted by Crippen LogP contribution is 2.36. The van der Waals surface area contributed by atoms with E-state index in [4.69, 9.17) is 16.6 Å². The van der Waals surface area contributed by atoms with Crippen molar-refractivity contribution in [2.45, 2.75) is 38.0 Å². The van der Waals surface area contributed by atoms with Crippen LogP contribution in [0.1, 0.15) is 48.7 Å². The summed E-state index contributed by atoms with van der Waals surface area (Å²) in [6.45, 7) is 0. The number of halogens is 2. The molecule has 0 spiro atoms. The van der Waals surface area contributed by atoms with Gasteiger partial charge in [0, 0.05) is 24.7 Å². The van der Waals surface area contributed by atoms with E-state index in [0.717, 1.165) is 20.7 Å². The van der Waals surface area contributed by atoms with E-state index in [1.54, 1.807) is 12.4 Å². The van der Waals surface area contributed by atoms with Crippen LogP contribution in [0.2, 0.25) is 5.15 Å². The Morgan fingerprint density at radius 3 is 2.55 bits per heavy atom. The lowest BCUT2D eigenvalue weighted by Gasteiger charge is -2.13. The average Bonchev–Trinajstić information content (AvgIpc) is 2.98. The van der Waals surface area contributed by atoms with Crippen LogP contribution in [0.25, 0.3) is 0 Å². The minimum atomic E-state index is 0.554. The summed E-state index contributed by atoms with van der Waals surface area (Å²) in [5.74, 6) is 1.36. The summed E-state index contributed by atoms with van der Waals surface area (Å²) in [4.78, 5) is 13.2. The normalized spacial score (nSPS) is 15.7. The Morgan fingerprint density at radius 1 is 1.15 bits per heavy atom. The van der Waals surface area contributed by atoms with Gasteiger partial charge < -0.3 is 0 Å². The summed E-state index contributed by atoms with van der Waals surface area (Å²) in [5, 5.41) is 0.589. The van der Waals surface area contributed by atoms with Gasteiger partial charge in [-0.05, 0) is 53.1 Å². The zero-order chi connectivity index (χ0) is 13.9. The molecule has 1 aliphatic rings. The molecule has 0 aliphatic heterocycles. The van der Waals surface area contributed by atoms with Crippen LogP contribution in [-0.4, -0.2) is 15.0 Å². The molecular weight excluding hydrogens is 385 g/mol. The Hall–Kier alpha value is -0.750. The van der Waals surface area contributed by atoms with Crippen molar-refractivity contribution in [3.63, 3.8) is 0 Å². The summed E-state index contributed by atoms with van der Waals surface area (Å²) >= 11 is 8.57. The molecule has 0 radical (unpaired) electrons. The molecule has 20 heavy (non-hydrogen) atoms. The van der Waals surface area contributed by atoms with Gasteiger partial charge >= 0.3 is 0 Å². The molecule has 2 aromatic heterocycles. The van der Waals surface area contributed by atoms with Gasteiger partial charge in [0.2, 0.25) is 0 Å². The Kier molecular flexibility index (Phi) is 4.51. The third kappa shape index (κ3) is 3.11. The fourth-order valence-corrected chi connectivity index (χ4v) is 3.59. The molecule has 0 bridgehead atoms. The van der Waals surface area contributed by atoms with E-state index in [0.29, 0.717) is 17.5 Å². The topological polar surface area (TPSA) is 38.7 Å². The second kappa shape index (κ2) is 6.35. The number of aromatic nitrogens is 3. The fraction of sp³-hybridized carbons (Fsp3) is 0.400. The molecule has 1 saturated carbocycles. The lowest BCUT2D eigenvalue weighted by atomic mass is 10.0. The number of pyridine rings is 1. The van der Waals surface area contributed by atoms with Crippen LogP contribution in [0.3, 0.4) is 0 Å². The van der Waals surface area contributed by atoms with E-state index >= 15 is 0 Å². The van der Waals surface area contributed by atoms with Gasteiger partial charge in [0.1, 0.15) is 11.0 Å². The summed E-state index contributed by atoms with van der Waals surface area (Å²) in [5.41, 5.74) is 2.31. The van der Waals surface area contributed by atoms with Gasteiger partial charge in [0.25, 0.3) is 0 Å². The Labute approximate surface area is 137 Å². The summed E-state index contributed by atoms with van der Waals surface area (Å²) in [7, 11) is 0. The zero-order valence-electron chi connectivity index (χ0n) is 11.0. The summed E-state index contributed by atoms with van der Waals surface area (Å²) in [6, 6.07) is 3.98. The van der Waals surface area contributed by atoms with Crippen molar-refractivity contribution in [2.24, 2.45) is 0 Å². The largest absolute Gasteiger partial charge is 0.265 e. The van der Waals surface area contributed by atoms with Crippen LogP contribution in [0, 0.1) is 3.57 Å². The molecule has 0 N–H and O–H groups in total. The first-order valence-corrected chi connectivity index (χ1v) is 8.30. The lowest BCUT2D eigenvalue weighted by molar-refractivity contribution is 0.680. The van der Waals surface area contributed by atoms with E-state index in [-0.39, 0.29) is 0 Å². The summed E-state index contributed by atoms with van der Waals surface area (Å²) in [6.07, 6.45) is 9.32. The van der Waals surface area contributed by atoms with Gasteiger partial charge in [0.05, 0.1) is 9.26 Å². The van der Waals surface area contributed by atoms with Crippen LogP contribution in [-0.2, 0) is 6.42 Å². The Morgan fingerprint density at radius 2 is 1.85 bits per heavy atom. The van der Waals surface area contributed by atoms with Crippen molar-refractivity contribution >= 4 is 34.2 Å². The number of rotatable bonds is 3. The Bertz CT molecular complexity index is 598. The minimum absolute atomic E-state index is 0.554. The van der Waals surface area contributed by atoms with E-state index in [1.807, 2.05) is 12.1 Å². The molecule has 0 aromatic carbocycles. The molecule has 0 unspecified atom stereocenters. The molecule has 3 rings (SSSR count). The number of hydrogen-bond donors (Lipinski definition) is 0. The monoisotopic (exact) mass is 399 g/mol. The van der Waals surface area contributed by atoms with Crippen molar-refractivity contribution in [3.8, 4) is 0 Å². The van der Waals surface area contributed by atoms with Gasteiger partial charge in [-0.2, -0.15) is 0 Å². The van der Waals surface area contributed by atoms with Crippen molar-refractivity contribution in [1.82, 2.24) is 15.0 Å². The maximum Gasteiger partial charge on any atom is 0.146 e. The van der Waals surface area contributed by atoms with Gasteiger partial charge in [-0.1, -0.05) is 24.4 Å². The smallest absolute Gasteiger partial charge is 0.146 e. The molecule has 0 saturated heterocycles. The minimum Gasteiger partial charge on any atom is -0.265 e. The molecule has 2 heterocycles. The van der Waals surface area contributed by atoms with E-state index in [1.165, 1.54) is 25.7 Å². The number of hydrogen-bond acceptors (Lipinski definition) is 3. The molecule has 104 valence electrons. The molecule has 1 fully saturated rings. The fourth-order valence-electron chi connectivity index (χ4n) is 2.71. The predicted molar refractivity (Wildman–Crippen MR) is 88.0 cm³/mol. The van der Waals surface area contributed by atoms with Crippen LogP contribution < -0.4 is 0 Å². The second-order valence-electron chi connectivity index (χ2n) is 5.14. The zero-order valence-corrected chi connectivity index (χ0v) is 13.9. The third-order valence-electron chi connectivity index (χ3n) is 3.74. The van der Waals surface area contributed by atoms with Gasteiger partial charge in [0.15, 0.2) is 0 Å². The van der Waals surface area contributed by atoms with E-state index in [9.17, 15) is 0 Å². The molecule has 1 aliphatic carbocycles. The first kappa shape index (κ1) is 14.2. The second-order valence-corrected chi connectivity index (χ2v) is 6.58. The molecule has 5 heteroatoms. The van der Waals surface area contributed by atoms with E-state index < -0.39 is 0 Å². The summed E-state index contributed by atoms with van der Waals surface area (Å²) < 4.78 is 1.02. The van der Waals surface area contributed by atoms with Crippen molar-refractivity contribution in [1.29, 1.82) is 0 Å². The third-order valence-corrected chi connectivity index (χ3v) is 5.39. The van der Waals surface area contributed by atoms with Crippen LogP contribution >= 0.6 is 34.2 Å². The van der Waals surface area contributed by atoms with Crippen molar-refractivity contribution in [2.75, 3.05) is 0 Å². The molecule has 3 nitrogen and oxygen atoms in total. The van der Waals surface area contributed by atoms with Gasteiger partial charge in [-0.25, -0.2) is 9.97 Å². The van der Waals surface area contributed by atoms with Crippen LogP contribution in [0.15, 0.2) is 24.5 Å². The Balaban J connectivity index is 1.92. The maximum atomic E-state index is 6.29. The quantitative estimate of drug-likeness (QED) is 0.568. The first-order chi connectivity index (χ1) is 9.74. The highest BCUT2D eigenvalue weighted by atomic mass is 127. The average molecular weight is 400 g/mol. The van der Waals surface area contributed by atoms with E-state index in [2.05, 4.69) is 32.6 Å².